The maximum atomic E-state index is 5.99. The highest BCUT2D eigenvalue weighted by Gasteiger charge is 2.38. The standard InChI is InChI=1S/C11H22N2/c1-2-3-11-10(8-4-5-8)6-9(12)7-13-11/h8-11,13H,2-7,12H2,1H3. The molecular weight excluding hydrogens is 160 g/mol. The van der Waals surface area contributed by atoms with Gasteiger partial charge in [-0.15, -0.1) is 0 Å². The van der Waals surface area contributed by atoms with E-state index >= 15 is 0 Å². The Kier molecular flexibility index (Phi) is 2.89. The molecule has 0 bridgehead atoms. The van der Waals surface area contributed by atoms with Crippen LogP contribution in [0.25, 0.3) is 0 Å². The highest BCUT2D eigenvalue weighted by atomic mass is 15.0. The highest BCUT2D eigenvalue weighted by Crippen LogP contribution is 2.42. The molecule has 1 aliphatic carbocycles. The van der Waals surface area contributed by atoms with Crippen molar-refractivity contribution in [2.75, 3.05) is 6.54 Å². The summed E-state index contributed by atoms with van der Waals surface area (Å²) in [7, 11) is 0. The van der Waals surface area contributed by atoms with Crippen LogP contribution in [0.4, 0.5) is 0 Å². The van der Waals surface area contributed by atoms with Crippen molar-refractivity contribution in [1.29, 1.82) is 0 Å². The minimum absolute atomic E-state index is 0.415. The maximum absolute atomic E-state index is 5.99. The first-order valence-electron chi connectivity index (χ1n) is 5.80. The molecule has 3 unspecified atom stereocenters. The summed E-state index contributed by atoms with van der Waals surface area (Å²) in [6.07, 6.45) is 6.82. The van der Waals surface area contributed by atoms with Crippen LogP contribution in [0.1, 0.15) is 39.0 Å². The van der Waals surface area contributed by atoms with E-state index in [-0.39, 0.29) is 0 Å². The summed E-state index contributed by atoms with van der Waals surface area (Å²) in [5, 5.41) is 3.62. The fraction of sp³-hybridized carbons (Fsp3) is 1.00. The van der Waals surface area contributed by atoms with Crippen LogP contribution < -0.4 is 11.1 Å². The monoisotopic (exact) mass is 182 g/mol. The van der Waals surface area contributed by atoms with Crippen LogP contribution in [0, 0.1) is 11.8 Å². The first-order chi connectivity index (χ1) is 6.31. The molecule has 3 N–H and O–H groups in total. The number of nitrogens with two attached hydrogens (primary N) is 1. The second-order valence-electron chi connectivity index (χ2n) is 4.80. The van der Waals surface area contributed by atoms with Gasteiger partial charge in [-0.25, -0.2) is 0 Å². The summed E-state index contributed by atoms with van der Waals surface area (Å²) in [4.78, 5) is 0. The predicted octanol–water partition coefficient (Wildman–Crippen LogP) is 1.50. The first-order valence-corrected chi connectivity index (χ1v) is 5.80. The van der Waals surface area contributed by atoms with Crippen LogP contribution in [0.15, 0.2) is 0 Å². The molecular formula is C11H22N2. The van der Waals surface area contributed by atoms with Crippen molar-refractivity contribution >= 4 is 0 Å². The normalized spacial score (nSPS) is 40.6. The largest absolute Gasteiger partial charge is 0.327 e. The van der Waals surface area contributed by atoms with E-state index in [4.69, 9.17) is 5.73 Å². The number of rotatable bonds is 3. The molecule has 0 amide bonds. The minimum Gasteiger partial charge on any atom is -0.327 e. The van der Waals surface area contributed by atoms with Crippen molar-refractivity contribution in [3.05, 3.63) is 0 Å². The number of nitrogens with one attached hydrogen (secondary N) is 1. The number of hydrogen-bond donors (Lipinski definition) is 2. The molecule has 1 saturated carbocycles. The second-order valence-corrected chi connectivity index (χ2v) is 4.80. The van der Waals surface area contributed by atoms with Crippen LogP contribution in [0.3, 0.4) is 0 Å². The van der Waals surface area contributed by atoms with Crippen molar-refractivity contribution in [3.63, 3.8) is 0 Å². The summed E-state index contributed by atoms with van der Waals surface area (Å²) in [6, 6.07) is 1.19. The molecule has 2 rings (SSSR count). The van der Waals surface area contributed by atoms with Crippen LogP contribution in [0.5, 0.6) is 0 Å². The fourth-order valence-electron chi connectivity index (χ4n) is 2.72. The Bertz CT molecular complexity index is 165. The third-order valence-electron chi connectivity index (χ3n) is 3.56. The molecule has 0 aromatic rings. The van der Waals surface area contributed by atoms with Crippen molar-refractivity contribution in [3.8, 4) is 0 Å². The van der Waals surface area contributed by atoms with E-state index in [2.05, 4.69) is 12.2 Å². The van der Waals surface area contributed by atoms with Crippen molar-refractivity contribution in [2.24, 2.45) is 17.6 Å². The van der Waals surface area contributed by atoms with Gasteiger partial charge in [0.25, 0.3) is 0 Å². The van der Waals surface area contributed by atoms with Gasteiger partial charge >= 0.3 is 0 Å². The SMILES string of the molecule is CCCC1NCC(N)CC1C1CC1. The van der Waals surface area contributed by atoms with E-state index in [0.717, 1.165) is 24.4 Å². The van der Waals surface area contributed by atoms with Crippen LogP contribution in [0.2, 0.25) is 0 Å². The van der Waals surface area contributed by atoms with Gasteiger partial charge in [-0.05, 0) is 37.5 Å². The van der Waals surface area contributed by atoms with Crippen molar-refractivity contribution in [2.45, 2.75) is 51.1 Å². The Morgan fingerprint density at radius 1 is 1.38 bits per heavy atom. The third-order valence-corrected chi connectivity index (χ3v) is 3.56. The zero-order chi connectivity index (χ0) is 9.26. The molecule has 3 atom stereocenters. The molecule has 1 saturated heterocycles. The van der Waals surface area contributed by atoms with Crippen LogP contribution >= 0.6 is 0 Å². The van der Waals surface area contributed by atoms with Gasteiger partial charge in [0.2, 0.25) is 0 Å². The molecule has 0 aromatic heterocycles. The average molecular weight is 182 g/mol. The summed E-state index contributed by atoms with van der Waals surface area (Å²) >= 11 is 0. The lowest BCUT2D eigenvalue weighted by atomic mass is 9.83. The number of piperidine rings is 1. The number of hydrogen-bond acceptors (Lipinski definition) is 2. The van der Waals surface area contributed by atoms with Crippen LogP contribution in [-0.2, 0) is 0 Å². The van der Waals surface area contributed by atoms with E-state index in [9.17, 15) is 0 Å². The van der Waals surface area contributed by atoms with Crippen molar-refractivity contribution < 1.29 is 0 Å². The molecule has 1 aliphatic heterocycles. The smallest absolute Gasteiger partial charge is 0.0168 e. The molecule has 2 aliphatic rings. The van der Waals surface area contributed by atoms with E-state index in [1.165, 1.54) is 32.1 Å². The lowest BCUT2D eigenvalue weighted by Gasteiger charge is -2.36. The van der Waals surface area contributed by atoms with E-state index in [0.29, 0.717) is 6.04 Å². The molecule has 0 radical (unpaired) electrons. The highest BCUT2D eigenvalue weighted by molar-refractivity contribution is 4.94. The Morgan fingerprint density at radius 2 is 2.15 bits per heavy atom. The minimum atomic E-state index is 0.415. The molecule has 13 heavy (non-hydrogen) atoms. The van der Waals surface area contributed by atoms with Crippen LogP contribution in [-0.4, -0.2) is 18.6 Å². The Morgan fingerprint density at radius 3 is 2.77 bits per heavy atom. The van der Waals surface area contributed by atoms with Gasteiger partial charge in [-0.2, -0.15) is 0 Å². The molecule has 76 valence electrons. The third kappa shape index (κ3) is 2.23. The zero-order valence-electron chi connectivity index (χ0n) is 8.63. The van der Waals surface area contributed by atoms with Gasteiger partial charge in [0.1, 0.15) is 0 Å². The van der Waals surface area contributed by atoms with E-state index in [1.54, 1.807) is 0 Å². The molecule has 2 heteroatoms. The fourth-order valence-corrected chi connectivity index (χ4v) is 2.72. The Hall–Kier alpha value is -0.0800. The molecule has 2 nitrogen and oxygen atoms in total. The van der Waals surface area contributed by atoms with Gasteiger partial charge in [0.05, 0.1) is 0 Å². The molecule has 0 spiro atoms. The summed E-state index contributed by atoms with van der Waals surface area (Å²) in [5.41, 5.74) is 5.99. The Balaban J connectivity index is 1.90. The van der Waals surface area contributed by atoms with Gasteiger partial charge < -0.3 is 11.1 Å². The molecule has 0 aromatic carbocycles. The lowest BCUT2D eigenvalue weighted by molar-refractivity contribution is 0.220. The van der Waals surface area contributed by atoms with Gasteiger partial charge in [0, 0.05) is 18.6 Å². The summed E-state index contributed by atoms with van der Waals surface area (Å²) in [5.74, 6) is 1.90. The van der Waals surface area contributed by atoms with Gasteiger partial charge in [-0.1, -0.05) is 13.3 Å². The summed E-state index contributed by atoms with van der Waals surface area (Å²) in [6.45, 7) is 3.31. The second kappa shape index (κ2) is 3.97. The zero-order valence-corrected chi connectivity index (χ0v) is 8.63. The maximum Gasteiger partial charge on any atom is 0.0168 e. The van der Waals surface area contributed by atoms with E-state index in [1.807, 2.05) is 0 Å². The molecule has 2 fully saturated rings. The van der Waals surface area contributed by atoms with Gasteiger partial charge in [0.15, 0.2) is 0 Å². The van der Waals surface area contributed by atoms with Gasteiger partial charge in [-0.3, -0.25) is 0 Å². The van der Waals surface area contributed by atoms with E-state index < -0.39 is 0 Å². The molecule has 1 heterocycles. The quantitative estimate of drug-likeness (QED) is 0.694. The topological polar surface area (TPSA) is 38.0 Å². The predicted molar refractivity (Wildman–Crippen MR) is 55.5 cm³/mol. The Labute approximate surface area is 81.3 Å². The van der Waals surface area contributed by atoms with Crippen molar-refractivity contribution in [1.82, 2.24) is 5.32 Å². The summed E-state index contributed by atoms with van der Waals surface area (Å²) < 4.78 is 0. The lowest BCUT2D eigenvalue weighted by Crippen LogP contribution is -2.51. The first kappa shape index (κ1) is 9.47. The average Bonchev–Trinajstić information content (AvgIpc) is 2.91.